The van der Waals surface area contributed by atoms with Crippen molar-refractivity contribution in [3.05, 3.63) is 28.3 Å². The number of hydrogen-bond donors (Lipinski definition) is 1. The molecule has 0 atom stereocenters. The highest BCUT2D eigenvalue weighted by molar-refractivity contribution is 5.77. The summed E-state index contributed by atoms with van der Waals surface area (Å²) in [5.74, 6) is 0.692. The standard InChI is InChI=1S/C15H23N3O2/c1-3-16-13-9-6-10-14(15(13)18(19)20)17(4-2)11-12-7-5-8-12/h6,9-10,12,16H,3-5,7-8,11H2,1-2H3. The van der Waals surface area contributed by atoms with Crippen LogP contribution in [0.4, 0.5) is 17.1 Å². The van der Waals surface area contributed by atoms with E-state index in [1.54, 1.807) is 6.07 Å². The van der Waals surface area contributed by atoms with Gasteiger partial charge in [-0.1, -0.05) is 12.5 Å². The lowest BCUT2D eigenvalue weighted by Gasteiger charge is -2.33. The Bertz CT molecular complexity index is 472. The second-order valence-electron chi connectivity index (χ2n) is 5.30. The fraction of sp³-hybridized carbons (Fsp3) is 0.600. The van der Waals surface area contributed by atoms with E-state index in [0.29, 0.717) is 18.2 Å². The van der Waals surface area contributed by atoms with Crippen molar-refractivity contribution >= 4 is 17.1 Å². The van der Waals surface area contributed by atoms with Crippen LogP contribution in [-0.2, 0) is 0 Å². The molecule has 20 heavy (non-hydrogen) atoms. The molecule has 0 heterocycles. The number of anilines is 2. The molecule has 5 nitrogen and oxygen atoms in total. The summed E-state index contributed by atoms with van der Waals surface area (Å²) in [6.45, 7) is 6.41. The van der Waals surface area contributed by atoms with Crippen molar-refractivity contribution in [2.45, 2.75) is 33.1 Å². The zero-order chi connectivity index (χ0) is 14.5. The van der Waals surface area contributed by atoms with E-state index in [-0.39, 0.29) is 10.6 Å². The molecular weight excluding hydrogens is 254 g/mol. The molecule has 0 saturated heterocycles. The van der Waals surface area contributed by atoms with Gasteiger partial charge in [0, 0.05) is 19.6 Å². The largest absolute Gasteiger partial charge is 0.380 e. The van der Waals surface area contributed by atoms with E-state index in [1.165, 1.54) is 19.3 Å². The lowest BCUT2D eigenvalue weighted by molar-refractivity contribution is -0.383. The van der Waals surface area contributed by atoms with Gasteiger partial charge in [0.05, 0.1) is 4.92 Å². The van der Waals surface area contributed by atoms with Gasteiger partial charge in [-0.3, -0.25) is 10.1 Å². The molecule has 1 aliphatic rings. The first kappa shape index (κ1) is 14.6. The van der Waals surface area contributed by atoms with Gasteiger partial charge >= 0.3 is 5.69 Å². The minimum Gasteiger partial charge on any atom is -0.380 e. The first-order valence-electron chi connectivity index (χ1n) is 7.43. The van der Waals surface area contributed by atoms with E-state index in [1.807, 2.05) is 19.1 Å². The summed E-state index contributed by atoms with van der Waals surface area (Å²) in [5.41, 5.74) is 1.56. The minimum atomic E-state index is -0.267. The first-order valence-corrected chi connectivity index (χ1v) is 7.43. The number of hydrogen-bond acceptors (Lipinski definition) is 4. The Hall–Kier alpha value is -1.78. The number of para-hydroxylation sites is 1. The molecule has 0 spiro atoms. The smallest absolute Gasteiger partial charge is 0.315 e. The van der Waals surface area contributed by atoms with Crippen molar-refractivity contribution in [1.82, 2.24) is 0 Å². The third-order valence-corrected chi connectivity index (χ3v) is 3.99. The highest BCUT2D eigenvalue weighted by Crippen LogP contribution is 2.37. The number of nitro groups is 1. The summed E-state index contributed by atoms with van der Waals surface area (Å²) >= 11 is 0. The molecule has 1 fully saturated rings. The quantitative estimate of drug-likeness (QED) is 0.610. The normalized spacial score (nSPS) is 14.7. The summed E-state index contributed by atoms with van der Waals surface area (Å²) in [6, 6.07) is 5.53. The number of rotatable bonds is 7. The van der Waals surface area contributed by atoms with Crippen molar-refractivity contribution in [1.29, 1.82) is 0 Å². The van der Waals surface area contributed by atoms with Gasteiger partial charge in [0.1, 0.15) is 11.4 Å². The van der Waals surface area contributed by atoms with Crippen LogP contribution >= 0.6 is 0 Å². The van der Waals surface area contributed by atoms with Crippen molar-refractivity contribution in [2.75, 3.05) is 29.9 Å². The number of nitrogens with one attached hydrogen (secondary N) is 1. The second-order valence-corrected chi connectivity index (χ2v) is 5.30. The summed E-state index contributed by atoms with van der Waals surface area (Å²) < 4.78 is 0. The number of nitro benzene ring substituents is 1. The van der Waals surface area contributed by atoms with Gasteiger partial charge in [-0.25, -0.2) is 0 Å². The van der Waals surface area contributed by atoms with E-state index in [0.717, 1.165) is 18.8 Å². The maximum atomic E-state index is 11.4. The van der Waals surface area contributed by atoms with Gasteiger partial charge in [-0.05, 0) is 44.7 Å². The van der Waals surface area contributed by atoms with E-state index < -0.39 is 0 Å². The molecule has 0 radical (unpaired) electrons. The Morgan fingerprint density at radius 3 is 2.65 bits per heavy atom. The molecule has 110 valence electrons. The molecule has 1 saturated carbocycles. The topological polar surface area (TPSA) is 58.4 Å². The Kier molecular flexibility index (Phi) is 4.82. The zero-order valence-corrected chi connectivity index (χ0v) is 12.3. The molecule has 0 amide bonds. The summed E-state index contributed by atoms with van der Waals surface area (Å²) in [6.07, 6.45) is 3.79. The van der Waals surface area contributed by atoms with Gasteiger partial charge in [-0.2, -0.15) is 0 Å². The molecular formula is C15H23N3O2. The van der Waals surface area contributed by atoms with Crippen LogP contribution in [0.3, 0.4) is 0 Å². The third kappa shape index (κ3) is 3.03. The van der Waals surface area contributed by atoms with E-state index in [9.17, 15) is 10.1 Å². The van der Waals surface area contributed by atoms with Crippen LogP contribution in [0.1, 0.15) is 33.1 Å². The average Bonchev–Trinajstić information content (AvgIpc) is 2.37. The molecule has 5 heteroatoms. The zero-order valence-electron chi connectivity index (χ0n) is 12.3. The Balaban J connectivity index is 2.31. The average molecular weight is 277 g/mol. The highest BCUT2D eigenvalue weighted by atomic mass is 16.6. The van der Waals surface area contributed by atoms with Crippen molar-refractivity contribution < 1.29 is 4.92 Å². The second kappa shape index (κ2) is 6.59. The highest BCUT2D eigenvalue weighted by Gasteiger charge is 2.26. The van der Waals surface area contributed by atoms with Gasteiger partial charge in [0.15, 0.2) is 0 Å². The molecule has 0 aliphatic heterocycles. The van der Waals surface area contributed by atoms with Crippen molar-refractivity contribution in [3.8, 4) is 0 Å². The van der Waals surface area contributed by atoms with Crippen LogP contribution in [0.2, 0.25) is 0 Å². The van der Waals surface area contributed by atoms with Crippen molar-refractivity contribution in [3.63, 3.8) is 0 Å². The van der Waals surface area contributed by atoms with Gasteiger partial charge in [0.2, 0.25) is 0 Å². The summed E-state index contributed by atoms with van der Waals surface area (Å²) in [5, 5.41) is 14.5. The molecule has 1 aliphatic carbocycles. The van der Waals surface area contributed by atoms with Gasteiger partial charge in [-0.15, -0.1) is 0 Å². The third-order valence-electron chi connectivity index (χ3n) is 3.99. The Morgan fingerprint density at radius 1 is 1.40 bits per heavy atom. The SMILES string of the molecule is CCNc1cccc(N(CC)CC2CCC2)c1[N+](=O)[O-]. The molecule has 2 rings (SSSR count). The minimum absolute atomic E-state index is 0.204. The maximum absolute atomic E-state index is 11.4. The van der Waals surface area contributed by atoms with E-state index >= 15 is 0 Å². The summed E-state index contributed by atoms with van der Waals surface area (Å²) in [4.78, 5) is 13.3. The van der Waals surface area contributed by atoms with Crippen LogP contribution < -0.4 is 10.2 Å². The lowest BCUT2D eigenvalue weighted by atomic mass is 9.85. The number of benzene rings is 1. The Morgan fingerprint density at radius 2 is 2.15 bits per heavy atom. The molecule has 0 unspecified atom stereocenters. The molecule has 0 aromatic heterocycles. The van der Waals surface area contributed by atoms with Crippen LogP contribution in [0.5, 0.6) is 0 Å². The predicted molar refractivity (Wildman–Crippen MR) is 82.5 cm³/mol. The summed E-state index contributed by atoms with van der Waals surface area (Å²) in [7, 11) is 0. The molecule has 0 bridgehead atoms. The van der Waals surface area contributed by atoms with Gasteiger partial charge < -0.3 is 10.2 Å². The molecule has 1 N–H and O–H groups in total. The lowest BCUT2D eigenvalue weighted by Crippen LogP contribution is -2.32. The van der Waals surface area contributed by atoms with Crippen LogP contribution in [-0.4, -0.2) is 24.6 Å². The van der Waals surface area contributed by atoms with Crippen LogP contribution in [0, 0.1) is 16.0 Å². The fourth-order valence-electron chi connectivity index (χ4n) is 2.70. The maximum Gasteiger partial charge on any atom is 0.315 e. The molecule has 1 aromatic carbocycles. The fourth-order valence-corrected chi connectivity index (χ4v) is 2.70. The molecule has 1 aromatic rings. The van der Waals surface area contributed by atoms with E-state index in [4.69, 9.17) is 0 Å². The van der Waals surface area contributed by atoms with Crippen molar-refractivity contribution in [2.24, 2.45) is 5.92 Å². The van der Waals surface area contributed by atoms with Gasteiger partial charge in [0.25, 0.3) is 0 Å². The monoisotopic (exact) mass is 277 g/mol. The van der Waals surface area contributed by atoms with Crippen LogP contribution in [0.15, 0.2) is 18.2 Å². The number of nitrogens with zero attached hydrogens (tertiary/aromatic N) is 2. The first-order chi connectivity index (χ1) is 9.67. The van der Waals surface area contributed by atoms with Crippen LogP contribution in [0.25, 0.3) is 0 Å². The van der Waals surface area contributed by atoms with E-state index in [2.05, 4.69) is 17.1 Å². The predicted octanol–water partition coefficient (Wildman–Crippen LogP) is 3.65. The Labute approximate surface area is 120 Å².